The summed E-state index contributed by atoms with van der Waals surface area (Å²) in [6.07, 6.45) is 2.30. The molecule has 1 fully saturated rings. The molecule has 1 aliphatic rings. The predicted molar refractivity (Wildman–Crippen MR) is 118 cm³/mol. The number of likely N-dealkylation sites (tertiary alicyclic amines) is 1. The summed E-state index contributed by atoms with van der Waals surface area (Å²) in [6, 6.07) is 8.18. The number of nitrogens with zero attached hydrogens (tertiary/aromatic N) is 2. The molecule has 1 heterocycles. The molecule has 0 aliphatic carbocycles. The van der Waals surface area contributed by atoms with Crippen LogP contribution in [0.4, 0.5) is 0 Å². The number of nitrogens with one attached hydrogen (secondary N) is 1. The van der Waals surface area contributed by atoms with Crippen molar-refractivity contribution in [3.63, 3.8) is 0 Å². The zero-order chi connectivity index (χ0) is 16.5. The molecule has 1 N–H and O–H groups in total. The molecule has 0 spiro atoms. The van der Waals surface area contributed by atoms with Gasteiger partial charge in [0.25, 0.3) is 0 Å². The highest BCUT2D eigenvalue weighted by Gasteiger charge is 2.23. The number of hydrogen-bond donors (Lipinski definition) is 1. The van der Waals surface area contributed by atoms with E-state index in [1.165, 1.54) is 3.57 Å². The normalized spacial score (nSPS) is 15.8. The van der Waals surface area contributed by atoms with Crippen molar-refractivity contribution in [2.45, 2.75) is 25.9 Å². The van der Waals surface area contributed by atoms with E-state index in [9.17, 15) is 0 Å². The second-order valence-electron chi connectivity index (χ2n) is 5.41. The Morgan fingerprint density at radius 2 is 2.04 bits per heavy atom. The van der Waals surface area contributed by atoms with Crippen LogP contribution in [0.1, 0.15) is 19.8 Å². The van der Waals surface area contributed by atoms with Crippen molar-refractivity contribution in [3.8, 4) is 5.75 Å². The Labute approximate surface area is 175 Å². The van der Waals surface area contributed by atoms with Gasteiger partial charge in [-0.15, -0.1) is 24.0 Å². The first-order chi connectivity index (χ1) is 11.2. The molecule has 7 heteroatoms. The van der Waals surface area contributed by atoms with Gasteiger partial charge < -0.3 is 19.7 Å². The van der Waals surface area contributed by atoms with Gasteiger partial charge >= 0.3 is 0 Å². The van der Waals surface area contributed by atoms with Gasteiger partial charge in [0.1, 0.15) is 11.9 Å². The molecule has 1 saturated heterocycles. The van der Waals surface area contributed by atoms with Crippen molar-refractivity contribution in [1.82, 2.24) is 10.2 Å². The standard InChI is InChI=1S/C17H26IN3O2.HI/c1-3-22-13-10-20-17(19-2)21-11-8-14(9-12-21)23-16-7-5-4-6-15(16)18;/h4-7,14H,3,8-13H2,1-2H3,(H,19,20);1H. The fraction of sp³-hybridized carbons (Fsp3) is 0.588. The highest BCUT2D eigenvalue weighted by atomic mass is 127. The summed E-state index contributed by atoms with van der Waals surface area (Å²) in [5.74, 6) is 1.95. The van der Waals surface area contributed by atoms with Crippen LogP contribution >= 0.6 is 46.6 Å². The van der Waals surface area contributed by atoms with E-state index in [-0.39, 0.29) is 30.1 Å². The molecule has 0 unspecified atom stereocenters. The molecule has 0 radical (unpaired) electrons. The predicted octanol–water partition coefficient (Wildman–Crippen LogP) is 3.36. The molecule has 0 atom stereocenters. The molecular formula is C17H27I2N3O2. The fourth-order valence-corrected chi connectivity index (χ4v) is 3.13. The molecule has 5 nitrogen and oxygen atoms in total. The highest BCUT2D eigenvalue weighted by molar-refractivity contribution is 14.1. The Kier molecular flexibility index (Phi) is 11.0. The quantitative estimate of drug-likeness (QED) is 0.252. The third-order valence-electron chi connectivity index (χ3n) is 3.82. The molecule has 1 aromatic rings. The Bertz CT molecular complexity index is 506. The van der Waals surface area contributed by atoms with Crippen LogP contribution in [0, 0.1) is 3.57 Å². The number of ether oxygens (including phenoxy) is 2. The maximum atomic E-state index is 6.15. The first kappa shape index (κ1) is 21.8. The van der Waals surface area contributed by atoms with E-state index in [1.54, 1.807) is 0 Å². The van der Waals surface area contributed by atoms with Gasteiger partial charge in [0.15, 0.2) is 5.96 Å². The molecule has 0 amide bonds. The maximum absolute atomic E-state index is 6.15. The molecular weight excluding hydrogens is 532 g/mol. The van der Waals surface area contributed by atoms with Gasteiger partial charge in [-0.05, 0) is 41.6 Å². The van der Waals surface area contributed by atoms with Crippen molar-refractivity contribution in [1.29, 1.82) is 0 Å². The first-order valence-corrected chi connectivity index (χ1v) is 9.27. The molecule has 136 valence electrons. The maximum Gasteiger partial charge on any atom is 0.193 e. The van der Waals surface area contributed by atoms with E-state index in [2.05, 4.69) is 43.9 Å². The SMILES string of the molecule is CCOCCNC(=NC)N1CCC(Oc2ccccc2I)CC1.I. The van der Waals surface area contributed by atoms with Gasteiger partial charge in [-0.3, -0.25) is 4.99 Å². The van der Waals surface area contributed by atoms with E-state index in [4.69, 9.17) is 9.47 Å². The minimum Gasteiger partial charge on any atom is -0.489 e. The second-order valence-corrected chi connectivity index (χ2v) is 6.57. The Morgan fingerprint density at radius 3 is 2.67 bits per heavy atom. The third-order valence-corrected chi connectivity index (χ3v) is 4.71. The third kappa shape index (κ3) is 6.91. The lowest BCUT2D eigenvalue weighted by atomic mass is 10.1. The smallest absolute Gasteiger partial charge is 0.193 e. The van der Waals surface area contributed by atoms with Gasteiger partial charge in [0.2, 0.25) is 0 Å². The summed E-state index contributed by atoms with van der Waals surface area (Å²) in [6.45, 7) is 6.18. The molecule has 0 bridgehead atoms. The number of halogens is 2. The van der Waals surface area contributed by atoms with Crippen molar-refractivity contribution in [2.75, 3.05) is 39.9 Å². The second kappa shape index (κ2) is 12.1. The first-order valence-electron chi connectivity index (χ1n) is 8.19. The van der Waals surface area contributed by atoms with Crippen molar-refractivity contribution >= 4 is 52.5 Å². The zero-order valence-corrected chi connectivity index (χ0v) is 18.8. The number of piperidine rings is 1. The van der Waals surface area contributed by atoms with E-state index >= 15 is 0 Å². The largest absolute Gasteiger partial charge is 0.489 e. The number of rotatable bonds is 6. The van der Waals surface area contributed by atoms with Crippen molar-refractivity contribution < 1.29 is 9.47 Å². The summed E-state index contributed by atoms with van der Waals surface area (Å²) in [7, 11) is 1.83. The van der Waals surface area contributed by atoms with E-state index in [0.29, 0.717) is 6.61 Å². The highest BCUT2D eigenvalue weighted by Crippen LogP contribution is 2.24. The number of benzene rings is 1. The van der Waals surface area contributed by atoms with E-state index < -0.39 is 0 Å². The lowest BCUT2D eigenvalue weighted by Gasteiger charge is -2.34. The van der Waals surface area contributed by atoms with Gasteiger partial charge in [-0.2, -0.15) is 0 Å². The summed E-state index contributed by atoms with van der Waals surface area (Å²) in [5, 5.41) is 3.36. The van der Waals surface area contributed by atoms with Crippen LogP contribution in [0.25, 0.3) is 0 Å². The molecule has 2 rings (SSSR count). The molecule has 1 aliphatic heterocycles. The van der Waals surface area contributed by atoms with Gasteiger partial charge in [-0.25, -0.2) is 0 Å². The van der Waals surface area contributed by atoms with Crippen LogP contribution in [0.2, 0.25) is 0 Å². The Morgan fingerprint density at radius 1 is 1.33 bits per heavy atom. The topological polar surface area (TPSA) is 46.1 Å². The minimum absolute atomic E-state index is 0. The molecule has 1 aromatic carbocycles. The number of para-hydroxylation sites is 1. The zero-order valence-electron chi connectivity index (χ0n) is 14.3. The monoisotopic (exact) mass is 559 g/mol. The average Bonchev–Trinajstić information content (AvgIpc) is 2.58. The van der Waals surface area contributed by atoms with Gasteiger partial charge in [0, 0.05) is 46.1 Å². The molecule has 24 heavy (non-hydrogen) atoms. The van der Waals surface area contributed by atoms with Crippen LogP contribution in [0.15, 0.2) is 29.3 Å². The minimum atomic E-state index is 0. The van der Waals surface area contributed by atoms with Crippen LogP contribution in [-0.2, 0) is 4.74 Å². The van der Waals surface area contributed by atoms with Gasteiger partial charge in [-0.1, -0.05) is 12.1 Å². The number of aliphatic imine (C=N–C) groups is 1. The Balaban J connectivity index is 0.00000288. The average molecular weight is 559 g/mol. The van der Waals surface area contributed by atoms with E-state index in [1.807, 2.05) is 32.2 Å². The lowest BCUT2D eigenvalue weighted by molar-refractivity contribution is 0.127. The van der Waals surface area contributed by atoms with E-state index in [0.717, 1.165) is 50.8 Å². The summed E-state index contributed by atoms with van der Waals surface area (Å²) >= 11 is 2.32. The lowest BCUT2D eigenvalue weighted by Crippen LogP contribution is -2.48. The summed E-state index contributed by atoms with van der Waals surface area (Å²) in [4.78, 5) is 6.66. The summed E-state index contributed by atoms with van der Waals surface area (Å²) < 4.78 is 12.7. The summed E-state index contributed by atoms with van der Waals surface area (Å²) in [5.41, 5.74) is 0. The van der Waals surface area contributed by atoms with Crippen LogP contribution in [-0.4, -0.2) is 56.9 Å². The van der Waals surface area contributed by atoms with Crippen molar-refractivity contribution in [2.24, 2.45) is 4.99 Å². The van der Waals surface area contributed by atoms with Crippen molar-refractivity contribution in [3.05, 3.63) is 27.8 Å². The molecule has 0 aromatic heterocycles. The van der Waals surface area contributed by atoms with Gasteiger partial charge in [0.05, 0.1) is 10.2 Å². The van der Waals surface area contributed by atoms with Crippen LogP contribution < -0.4 is 10.1 Å². The Hall–Kier alpha value is -0.290. The van der Waals surface area contributed by atoms with Crippen LogP contribution in [0.5, 0.6) is 5.75 Å². The molecule has 0 saturated carbocycles. The number of guanidine groups is 1. The fourth-order valence-electron chi connectivity index (χ4n) is 2.62. The number of hydrogen-bond acceptors (Lipinski definition) is 3. The van der Waals surface area contributed by atoms with Crippen LogP contribution in [0.3, 0.4) is 0 Å².